The summed E-state index contributed by atoms with van der Waals surface area (Å²) >= 11 is 0. The predicted molar refractivity (Wildman–Crippen MR) is 148 cm³/mol. The lowest BCUT2D eigenvalue weighted by Crippen LogP contribution is -2.31. The largest absolute Gasteiger partial charge is 0.384 e. The smallest absolute Gasteiger partial charge is 0.227 e. The number of rotatable bonds is 10. The van der Waals surface area contributed by atoms with E-state index >= 15 is 0 Å². The van der Waals surface area contributed by atoms with Gasteiger partial charge in [0.1, 0.15) is 5.84 Å². The lowest BCUT2D eigenvalue weighted by Gasteiger charge is -2.24. The molecule has 0 spiro atoms. The zero-order valence-electron chi connectivity index (χ0n) is 20.1. The third kappa shape index (κ3) is 7.05. The number of nitrogens with two attached hydrogens (primary N) is 1. The topological polar surface area (TPSA) is 116 Å². The molecule has 188 valence electrons. The van der Waals surface area contributed by atoms with Gasteiger partial charge in [-0.3, -0.25) is 14.9 Å². The minimum absolute atomic E-state index is 0.0296. The van der Waals surface area contributed by atoms with Crippen molar-refractivity contribution < 1.29 is 13.2 Å². The van der Waals surface area contributed by atoms with Crippen molar-refractivity contribution >= 4 is 28.3 Å². The summed E-state index contributed by atoms with van der Waals surface area (Å²) in [6, 6.07) is 31.9. The number of anilines is 1. The van der Waals surface area contributed by atoms with Crippen LogP contribution in [0, 0.1) is 5.41 Å². The Kier molecular flexibility index (Phi) is 8.33. The van der Waals surface area contributed by atoms with Crippen molar-refractivity contribution in [2.45, 2.75) is 19.5 Å². The van der Waals surface area contributed by atoms with Crippen molar-refractivity contribution in [1.29, 1.82) is 5.41 Å². The third-order valence-electron chi connectivity index (χ3n) is 5.92. The molecule has 0 aliphatic rings. The van der Waals surface area contributed by atoms with Crippen LogP contribution in [0.5, 0.6) is 0 Å². The van der Waals surface area contributed by atoms with E-state index in [-0.39, 0.29) is 18.2 Å². The van der Waals surface area contributed by atoms with E-state index in [4.69, 9.17) is 11.1 Å². The van der Waals surface area contributed by atoms with Crippen LogP contribution in [-0.2, 0) is 35.2 Å². The Morgan fingerprint density at radius 3 is 2.11 bits per heavy atom. The van der Waals surface area contributed by atoms with Crippen LogP contribution in [0.3, 0.4) is 0 Å². The molecule has 0 aromatic heterocycles. The van der Waals surface area contributed by atoms with Crippen molar-refractivity contribution in [3.8, 4) is 11.1 Å². The fourth-order valence-electron chi connectivity index (χ4n) is 4.14. The number of nitrogens with one attached hydrogen (secondary N) is 2. The number of thiol groups is 1. The average molecular weight is 513 g/mol. The van der Waals surface area contributed by atoms with Crippen LogP contribution in [-0.4, -0.2) is 25.1 Å². The first-order valence-corrected chi connectivity index (χ1v) is 12.9. The highest BCUT2D eigenvalue weighted by Gasteiger charge is 2.17. The Hall–Kier alpha value is -4.43. The van der Waals surface area contributed by atoms with E-state index in [1.54, 1.807) is 17.0 Å². The van der Waals surface area contributed by atoms with E-state index in [0.717, 1.165) is 22.3 Å². The van der Waals surface area contributed by atoms with E-state index in [1.165, 1.54) is 0 Å². The Balaban J connectivity index is 1.61. The molecule has 0 aliphatic heterocycles. The maximum absolute atomic E-state index is 13.5. The van der Waals surface area contributed by atoms with Crippen molar-refractivity contribution in [1.82, 2.24) is 4.90 Å². The molecular formula is C29H28N4O3S. The molecule has 0 bridgehead atoms. The molecule has 4 aromatic carbocycles. The standard InChI is InChI=1S/C29H28N4O3S/c30-29(31)25-13-7-10-23(16-25)20-33(19-21-8-3-1-4-9-21)28(34)18-22-14-15-26(24-11-5-2-6-12-24)27(17-22)32-37(35)36/h1-17,37H,18-20H2,(H3,30,31)(H,32,35,36). The van der Waals surface area contributed by atoms with E-state index in [0.29, 0.717) is 29.9 Å². The molecule has 0 aliphatic carbocycles. The lowest BCUT2D eigenvalue weighted by atomic mass is 10.00. The highest BCUT2D eigenvalue weighted by molar-refractivity contribution is 7.73. The SMILES string of the molecule is N=C(N)c1cccc(CN(Cc2ccccc2)C(=O)Cc2ccc(-c3ccccc3)c(N[SH](=O)=O)c2)c1. The maximum atomic E-state index is 13.5. The molecule has 4 aromatic rings. The highest BCUT2D eigenvalue weighted by Crippen LogP contribution is 2.29. The second-order valence-electron chi connectivity index (χ2n) is 8.64. The molecular weight excluding hydrogens is 484 g/mol. The van der Waals surface area contributed by atoms with Crippen LogP contribution < -0.4 is 10.5 Å². The third-order valence-corrected chi connectivity index (χ3v) is 6.34. The average Bonchev–Trinajstić information content (AvgIpc) is 2.89. The van der Waals surface area contributed by atoms with E-state index in [2.05, 4.69) is 4.72 Å². The van der Waals surface area contributed by atoms with Crippen LogP contribution in [0.15, 0.2) is 103 Å². The van der Waals surface area contributed by atoms with Gasteiger partial charge in [0.15, 0.2) is 0 Å². The molecule has 0 heterocycles. The first-order chi connectivity index (χ1) is 17.9. The molecule has 4 N–H and O–H groups in total. The normalized spacial score (nSPS) is 10.7. The van der Waals surface area contributed by atoms with Gasteiger partial charge in [-0.1, -0.05) is 91.0 Å². The molecule has 0 saturated carbocycles. The Labute approximate surface area is 218 Å². The number of carbonyl (C=O) groups excluding carboxylic acids is 1. The number of benzene rings is 4. The summed E-state index contributed by atoms with van der Waals surface area (Å²) in [5.41, 5.74) is 10.8. The van der Waals surface area contributed by atoms with Crippen molar-refractivity contribution in [2.24, 2.45) is 5.73 Å². The minimum atomic E-state index is -2.88. The Bertz CT molecular complexity index is 1460. The summed E-state index contributed by atoms with van der Waals surface area (Å²) in [5.74, 6) is -0.139. The summed E-state index contributed by atoms with van der Waals surface area (Å²) in [6.07, 6.45) is 0.0959. The molecule has 7 nitrogen and oxygen atoms in total. The van der Waals surface area contributed by atoms with Gasteiger partial charge in [-0.15, -0.1) is 0 Å². The van der Waals surface area contributed by atoms with Crippen molar-refractivity contribution in [3.63, 3.8) is 0 Å². The first-order valence-electron chi connectivity index (χ1n) is 11.7. The van der Waals surface area contributed by atoms with E-state index in [9.17, 15) is 13.2 Å². The number of nitrogens with zero attached hydrogens (tertiary/aromatic N) is 1. The fraction of sp³-hybridized carbons (Fsp3) is 0.103. The molecule has 0 saturated heterocycles. The van der Waals surface area contributed by atoms with Crippen LogP contribution >= 0.6 is 0 Å². The molecule has 0 atom stereocenters. The Morgan fingerprint density at radius 1 is 0.784 bits per heavy atom. The second-order valence-corrected chi connectivity index (χ2v) is 9.38. The van der Waals surface area contributed by atoms with Gasteiger partial charge >= 0.3 is 0 Å². The van der Waals surface area contributed by atoms with Gasteiger partial charge in [-0.05, 0) is 34.4 Å². The number of carbonyl (C=O) groups is 1. The fourth-order valence-corrected chi connectivity index (χ4v) is 4.52. The van der Waals surface area contributed by atoms with Gasteiger partial charge in [0.2, 0.25) is 16.8 Å². The lowest BCUT2D eigenvalue weighted by molar-refractivity contribution is -0.131. The van der Waals surface area contributed by atoms with Gasteiger partial charge in [0.05, 0.1) is 12.1 Å². The van der Waals surface area contributed by atoms with Crippen molar-refractivity contribution in [2.75, 3.05) is 4.72 Å². The van der Waals surface area contributed by atoms with Gasteiger partial charge in [0.25, 0.3) is 0 Å². The summed E-state index contributed by atoms with van der Waals surface area (Å²) in [4.78, 5) is 15.3. The molecule has 0 unspecified atom stereocenters. The summed E-state index contributed by atoms with van der Waals surface area (Å²) in [7, 11) is -2.88. The van der Waals surface area contributed by atoms with Gasteiger partial charge < -0.3 is 10.6 Å². The van der Waals surface area contributed by atoms with Crippen molar-refractivity contribution in [3.05, 3.63) is 125 Å². The molecule has 1 amide bonds. The van der Waals surface area contributed by atoms with Gasteiger partial charge in [-0.25, -0.2) is 8.42 Å². The maximum Gasteiger partial charge on any atom is 0.227 e. The monoisotopic (exact) mass is 512 g/mol. The molecule has 4 rings (SSSR count). The highest BCUT2D eigenvalue weighted by atomic mass is 32.2. The number of nitrogen functional groups attached to an aromatic ring is 1. The molecule has 8 heteroatoms. The van der Waals surface area contributed by atoms with Gasteiger partial charge in [0, 0.05) is 24.2 Å². The molecule has 0 radical (unpaired) electrons. The van der Waals surface area contributed by atoms with Crippen LogP contribution in [0.2, 0.25) is 0 Å². The summed E-state index contributed by atoms with van der Waals surface area (Å²) < 4.78 is 25.5. The minimum Gasteiger partial charge on any atom is -0.384 e. The summed E-state index contributed by atoms with van der Waals surface area (Å²) in [5, 5.41) is 7.72. The summed E-state index contributed by atoms with van der Waals surface area (Å²) in [6.45, 7) is 0.748. The van der Waals surface area contributed by atoms with Crippen LogP contribution in [0.1, 0.15) is 22.3 Å². The van der Waals surface area contributed by atoms with Crippen LogP contribution in [0.4, 0.5) is 5.69 Å². The number of hydrogen-bond donors (Lipinski definition) is 4. The van der Waals surface area contributed by atoms with Crippen LogP contribution in [0.25, 0.3) is 11.1 Å². The zero-order chi connectivity index (χ0) is 26.2. The predicted octanol–water partition coefficient (Wildman–Crippen LogP) is 4.35. The number of amides is 1. The number of amidine groups is 1. The van der Waals surface area contributed by atoms with E-state index < -0.39 is 10.9 Å². The zero-order valence-corrected chi connectivity index (χ0v) is 21.0. The quantitative estimate of drug-likeness (QED) is 0.144. The molecule has 37 heavy (non-hydrogen) atoms. The van der Waals surface area contributed by atoms with Gasteiger partial charge in [-0.2, -0.15) is 0 Å². The first kappa shape index (κ1) is 25.7. The second kappa shape index (κ2) is 12.0. The Morgan fingerprint density at radius 2 is 1.43 bits per heavy atom. The molecule has 0 fully saturated rings. The van der Waals surface area contributed by atoms with E-state index in [1.807, 2.05) is 91.0 Å². The number of hydrogen-bond acceptors (Lipinski definition) is 4.